The maximum Gasteiger partial charge on any atom is 0.0400 e. The molecule has 0 aromatic rings. The van der Waals surface area contributed by atoms with Crippen LogP contribution in [0.1, 0.15) is 19.3 Å². The molecule has 1 nitrogen and oxygen atoms in total. The Kier molecular flexibility index (Phi) is 1.45. The summed E-state index contributed by atoms with van der Waals surface area (Å²) in [6.45, 7) is 1.02. The summed E-state index contributed by atoms with van der Waals surface area (Å²) in [5, 5.41) is 3.50. The van der Waals surface area contributed by atoms with Gasteiger partial charge in [0, 0.05) is 12.2 Å². The second-order valence-corrected chi connectivity index (χ2v) is 3.85. The summed E-state index contributed by atoms with van der Waals surface area (Å²) in [5.74, 6) is 0. The van der Waals surface area contributed by atoms with Crippen LogP contribution >= 0.6 is 0 Å². The van der Waals surface area contributed by atoms with Gasteiger partial charge in [-0.15, -0.1) is 0 Å². The third-order valence-electron chi connectivity index (χ3n) is 3.04. The monoisotopic (exact) mass is 171 g/mol. The van der Waals surface area contributed by atoms with Gasteiger partial charge in [-0.1, -0.05) is 18.2 Å². The Morgan fingerprint density at radius 3 is 3.08 bits per heavy atom. The van der Waals surface area contributed by atoms with E-state index in [1.807, 2.05) is 0 Å². The summed E-state index contributed by atoms with van der Waals surface area (Å²) in [5.41, 5.74) is 6.01. The SMILES string of the molecule is C1=CC2=C(C1)CC1=CCC=C1CN2. The van der Waals surface area contributed by atoms with Crippen LogP contribution in [0.5, 0.6) is 0 Å². The fourth-order valence-electron chi connectivity index (χ4n) is 2.30. The number of nitrogens with one attached hydrogen (secondary N) is 1. The van der Waals surface area contributed by atoms with Crippen molar-refractivity contribution in [1.29, 1.82) is 0 Å². The molecule has 0 amide bonds. The maximum absolute atomic E-state index is 3.50. The van der Waals surface area contributed by atoms with Gasteiger partial charge in [0.15, 0.2) is 0 Å². The normalized spacial score (nSPS) is 24.6. The molecule has 0 aromatic heterocycles. The van der Waals surface area contributed by atoms with Crippen LogP contribution in [0.2, 0.25) is 0 Å². The highest BCUT2D eigenvalue weighted by atomic mass is 14.9. The van der Waals surface area contributed by atoms with Crippen molar-refractivity contribution in [2.75, 3.05) is 6.54 Å². The molecule has 0 spiro atoms. The number of hydrogen-bond acceptors (Lipinski definition) is 1. The minimum atomic E-state index is 1.02. The minimum absolute atomic E-state index is 1.02. The van der Waals surface area contributed by atoms with Crippen molar-refractivity contribution >= 4 is 0 Å². The predicted octanol–water partition coefficient (Wildman–Crippen LogP) is 2.45. The smallest absolute Gasteiger partial charge is 0.0400 e. The molecule has 0 saturated heterocycles. The number of hydrogen-bond donors (Lipinski definition) is 1. The molecular weight excluding hydrogens is 158 g/mol. The molecule has 1 N–H and O–H groups in total. The van der Waals surface area contributed by atoms with Gasteiger partial charge in [-0.25, -0.2) is 0 Å². The van der Waals surface area contributed by atoms with E-state index in [1.165, 1.54) is 17.7 Å². The number of rotatable bonds is 0. The number of allylic oxidation sites excluding steroid dienone is 5. The van der Waals surface area contributed by atoms with Crippen LogP contribution in [-0.2, 0) is 0 Å². The average molecular weight is 171 g/mol. The molecule has 1 heterocycles. The van der Waals surface area contributed by atoms with Crippen LogP contribution < -0.4 is 5.32 Å². The van der Waals surface area contributed by atoms with E-state index in [0.717, 1.165) is 19.4 Å². The first kappa shape index (κ1) is 7.19. The molecule has 3 aliphatic rings. The van der Waals surface area contributed by atoms with E-state index in [4.69, 9.17) is 0 Å². The lowest BCUT2D eigenvalue weighted by Gasteiger charge is -2.04. The summed E-state index contributed by atoms with van der Waals surface area (Å²) in [7, 11) is 0. The van der Waals surface area contributed by atoms with Crippen LogP contribution in [0.3, 0.4) is 0 Å². The van der Waals surface area contributed by atoms with Crippen molar-refractivity contribution in [3.8, 4) is 0 Å². The minimum Gasteiger partial charge on any atom is -0.381 e. The molecular formula is C12H13N. The van der Waals surface area contributed by atoms with Gasteiger partial charge < -0.3 is 5.32 Å². The highest BCUT2D eigenvalue weighted by Crippen LogP contribution is 2.32. The van der Waals surface area contributed by atoms with E-state index in [9.17, 15) is 0 Å². The third kappa shape index (κ3) is 1.07. The van der Waals surface area contributed by atoms with Gasteiger partial charge >= 0.3 is 0 Å². The molecule has 1 heteroatoms. The molecule has 0 fully saturated rings. The number of fused-ring (bicyclic) bond motifs is 1. The Bertz CT molecular complexity index is 367. The molecule has 13 heavy (non-hydrogen) atoms. The van der Waals surface area contributed by atoms with E-state index < -0.39 is 0 Å². The molecule has 3 rings (SSSR count). The van der Waals surface area contributed by atoms with Crippen molar-refractivity contribution in [3.05, 3.63) is 46.7 Å². The van der Waals surface area contributed by atoms with Gasteiger partial charge in [-0.05, 0) is 42.1 Å². The topological polar surface area (TPSA) is 12.0 Å². The fourth-order valence-corrected chi connectivity index (χ4v) is 2.30. The standard InChI is InChI=1S/C12H13N/c1-3-9-7-10-4-2-6-12(10)13-8-11(9)5-1/h2-3,5-6,13H,1,4,7-8H2. The van der Waals surface area contributed by atoms with Crippen LogP contribution in [0.15, 0.2) is 46.7 Å². The first-order chi connectivity index (χ1) is 6.43. The maximum atomic E-state index is 3.50. The van der Waals surface area contributed by atoms with Crippen molar-refractivity contribution in [3.63, 3.8) is 0 Å². The molecule has 0 bridgehead atoms. The first-order valence-electron chi connectivity index (χ1n) is 4.94. The van der Waals surface area contributed by atoms with E-state index in [2.05, 4.69) is 29.6 Å². The molecule has 0 atom stereocenters. The quantitative estimate of drug-likeness (QED) is 0.590. The van der Waals surface area contributed by atoms with Crippen LogP contribution in [0.4, 0.5) is 0 Å². The van der Waals surface area contributed by atoms with E-state index in [-0.39, 0.29) is 0 Å². The highest BCUT2D eigenvalue weighted by Gasteiger charge is 2.19. The Balaban J connectivity index is 1.97. The van der Waals surface area contributed by atoms with E-state index >= 15 is 0 Å². The molecule has 2 aliphatic carbocycles. The zero-order chi connectivity index (χ0) is 8.67. The fraction of sp³-hybridized carbons (Fsp3) is 0.333. The van der Waals surface area contributed by atoms with Crippen molar-refractivity contribution < 1.29 is 0 Å². The molecule has 0 aromatic carbocycles. The zero-order valence-corrected chi connectivity index (χ0v) is 7.64. The summed E-state index contributed by atoms with van der Waals surface area (Å²) in [6.07, 6.45) is 12.6. The van der Waals surface area contributed by atoms with Crippen LogP contribution in [-0.4, -0.2) is 6.54 Å². The highest BCUT2D eigenvalue weighted by molar-refractivity contribution is 5.47. The van der Waals surface area contributed by atoms with Gasteiger partial charge in [0.25, 0.3) is 0 Å². The predicted molar refractivity (Wildman–Crippen MR) is 54.2 cm³/mol. The summed E-state index contributed by atoms with van der Waals surface area (Å²) in [4.78, 5) is 0. The molecule has 1 aliphatic heterocycles. The molecule has 0 unspecified atom stereocenters. The second-order valence-electron chi connectivity index (χ2n) is 3.85. The van der Waals surface area contributed by atoms with Crippen molar-refractivity contribution in [1.82, 2.24) is 5.32 Å². The van der Waals surface area contributed by atoms with E-state index in [0.29, 0.717) is 0 Å². The van der Waals surface area contributed by atoms with Gasteiger partial charge in [0.05, 0.1) is 0 Å². The van der Waals surface area contributed by atoms with E-state index in [1.54, 1.807) is 11.1 Å². The van der Waals surface area contributed by atoms with Gasteiger partial charge in [0.1, 0.15) is 0 Å². The van der Waals surface area contributed by atoms with Gasteiger partial charge in [-0.3, -0.25) is 0 Å². The average Bonchev–Trinajstić information content (AvgIpc) is 2.72. The van der Waals surface area contributed by atoms with Crippen LogP contribution in [0, 0.1) is 0 Å². The summed E-state index contributed by atoms with van der Waals surface area (Å²) in [6, 6.07) is 0. The third-order valence-corrected chi connectivity index (χ3v) is 3.04. The Morgan fingerprint density at radius 1 is 1.15 bits per heavy atom. The molecule has 66 valence electrons. The van der Waals surface area contributed by atoms with Gasteiger partial charge in [0.2, 0.25) is 0 Å². The van der Waals surface area contributed by atoms with Crippen molar-refractivity contribution in [2.24, 2.45) is 0 Å². The first-order valence-corrected chi connectivity index (χ1v) is 4.94. The largest absolute Gasteiger partial charge is 0.381 e. The summed E-state index contributed by atoms with van der Waals surface area (Å²) >= 11 is 0. The Labute approximate surface area is 78.5 Å². The lowest BCUT2D eigenvalue weighted by Crippen LogP contribution is -2.13. The van der Waals surface area contributed by atoms with Crippen LogP contribution in [0.25, 0.3) is 0 Å². The Morgan fingerprint density at radius 2 is 2.08 bits per heavy atom. The zero-order valence-electron chi connectivity index (χ0n) is 7.64. The lowest BCUT2D eigenvalue weighted by molar-refractivity contribution is 0.912. The van der Waals surface area contributed by atoms with Crippen molar-refractivity contribution in [2.45, 2.75) is 19.3 Å². The molecule has 0 saturated carbocycles. The summed E-state index contributed by atoms with van der Waals surface area (Å²) < 4.78 is 0. The Hall–Kier alpha value is -1.24. The second kappa shape index (κ2) is 2.63. The lowest BCUT2D eigenvalue weighted by atomic mass is 10.0. The van der Waals surface area contributed by atoms with Gasteiger partial charge in [-0.2, -0.15) is 0 Å². The molecule has 0 radical (unpaired) electrons.